The van der Waals surface area contributed by atoms with Gasteiger partial charge in [0.15, 0.2) is 0 Å². The lowest BCUT2D eigenvalue weighted by molar-refractivity contribution is 0.0850. The van der Waals surface area contributed by atoms with E-state index in [1.165, 1.54) is 25.7 Å². The second-order valence-corrected chi connectivity index (χ2v) is 7.35. The van der Waals surface area contributed by atoms with Crippen LogP contribution >= 0.6 is 0 Å². The fourth-order valence-electron chi connectivity index (χ4n) is 3.71. The van der Waals surface area contributed by atoms with Gasteiger partial charge in [-0.1, -0.05) is 27.7 Å². The third-order valence-corrected chi connectivity index (χ3v) is 3.82. The van der Waals surface area contributed by atoms with Crippen LogP contribution in [0.25, 0.3) is 0 Å². The molecule has 0 bridgehead atoms. The highest BCUT2D eigenvalue weighted by Gasteiger charge is 2.37. The summed E-state index contributed by atoms with van der Waals surface area (Å²) >= 11 is 0. The van der Waals surface area contributed by atoms with Crippen molar-refractivity contribution in [3.63, 3.8) is 0 Å². The molecule has 0 amide bonds. The Balaban J connectivity index is 2.28. The average molecular weight is 241 g/mol. The van der Waals surface area contributed by atoms with Crippen LogP contribution in [0, 0.1) is 10.8 Å². The van der Waals surface area contributed by atoms with Crippen molar-refractivity contribution in [1.29, 1.82) is 0 Å². The number of aliphatic hydroxyl groups is 1. The largest absolute Gasteiger partial charge is 0.396 e. The van der Waals surface area contributed by atoms with Gasteiger partial charge >= 0.3 is 0 Å². The molecule has 1 aliphatic carbocycles. The summed E-state index contributed by atoms with van der Waals surface area (Å²) in [4.78, 5) is 0. The Morgan fingerprint density at radius 2 is 1.59 bits per heavy atom. The number of aliphatic hydroxyl groups excluding tert-OH is 1. The molecule has 102 valence electrons. The first-order valence-electron chi connectivity index (χ1n) is 7.19. The van der Waals surface area contributed by atoms with Gasteiger partial charge in [-0.3, -0.25) is 0 Å². The maximum absolute atomic E-state index is 8.73. The fourth-order valence-corrected chi connectivity index (χ4v) is 3.71. The lowest BCUT2D eigenvalue weighted by atomic mass is 9.63. The van der Waals surface area contributed by atoms with Crippen molar-refractivity contribution in [2.75, 3.05) is 13.2 Å². The summed E-state index contributed by atoms with van der Waals surface area (Å²) in [5.74, 6) is 0. The Kier molecular flexibility index (Phi) is 5.46. The summed E-state index contributed by atoms with van der Waals surface area (Å²) in [6.07, 6.45) is 7.22. The molecule has 0 unspecified atom stereocenters. The molecule has 1 rings (SSSR count). The van der Waals surface area contributed by atoms with Crippen LogP contribution in [0.5, 0.6) is 0 Å². The Morgan fingerprint density at radius 1 is 1.00 bits per heavy atom. The zero-order valence-corrected chi connectivity index (χ0v) is 12.2. The minimum atomic E-state index is 0.337. The van der Waals surface area contributed by atoms with Crippen molar-refractivity contribution in [3.05, 3.63) is 0 Å². The zero-order chi connectivity index (χ0) is 12.9. The van der Waals surface area contributed by atoms with E-state index in [-0.39, 0.29) is 0 Å². The van der Waals surface area contributed by atoms with Crippen molar-refractivity contribution in [1.82, 2.24) is 5.32 Å². The van der Waals surface area contributed by atoms with E-state index in [4.69, 9.17) is 5.11 Å². The zero-order valence-electron chi connectivity index (χ0n) is 12.2. The quantitative estimate of drug-likeness (QED) is 0.699. The molecule has 0 atom stereocenters. The van der Waals surface area contributed by atoms with Crippen molar-refractivity contribution in [2.45, 2.75) is 72.3 Å². The Bertz CT molecular complexity index is 207. The molecule has 0 saturated heterocycles. The molecule has 1 fully saturated rings. The van der Waals surface area contributed by atoms with E-state index < -0.39 is 0 Å². The molecule has 0 radical (unpaired) electrons. The number of nitrogens with one attached hydrogen (secondary N) is 1. The first-order valence-corrected chi connectivity index (χ1v) is 7.19. The van der Waals surface area contributed by atoms with Crippen LogP contribution in [-0.2, 0) is 0 Å². The van der Waals surface area contributed by atoms with E-state index in [1.54, 1.807) is 0 Å². The summed E-state index contributed by atoms with van der Waals surface area (Å²) in [6.45, 7) is 11.0. The SMILES string of the molecule is CC1(C)CC(NCCCCCO)CC(C)(C)C1. The van der Waals surface area contributed by atoms with Gasteiger partial charge in [-0.25, -0.2) is 0 Å². The summed E-state index contributed by atoms with van der Waals surface area (Å²) in [7, 11) is 0. The molecular weight excluding hydrogens is 210 g/mol. The predicted molar refractivity (Wildman–Crippen MR) is 74.1 cm³/mol. The van der Waals surface area contributed by atoms with Gasteiger partial charge in [-0.15, -0.1) is 0 Å². The third-order valence-electron chi connectivity index (χ3n) is 3.82. The highest BCUT2D eigenvalue weighted by Crippen LogP contribution is 2.45. The molecule has 0 aromatic carbocycles. The minimum Gasteiger partial charge on any atom is -0.396 e. The normalized spacial score (nSPS) is 23.8. The van der Waals surface area contributed by atoms with E-state index in [2.05, 4.69) is 33.0 Å². The van der Waals surface area contributed by atoms with Crippen molar-refractivity contribution in [3.8, 4) is 0 Å². The van der Waals surface area contributed by atoms with E-state index in [1.807, 2.05) is 0 Å². The number of unbranched alkanes of at least 4 members (excludes halogenated alkanes) is 2. The standard InChI is InChI=1S/C15H31NO/c1-14(2)10-13(11-15(3,4)12-14)16-8-6-5-7-9-17/h13,16-17H,5-12H2,1-4H3. The van der Waals surface area contributed by atoms with Gasteiger partial charge in [0.05, 0.1) is 0 Å². The molecule has 0 spiro atoms. The molecule has 2 N–H and O–H groups in total. The summed E-state index contributed by atoms with van der Waals surface area (Å²) in [6, 6.07) is 0.683. The number of hydrogen-bond donors (Lipinski definition) is 2. The highest BCUT2D eigenvalue weighted by atomic mass is 16.2. The maximum Gasteiger partial charge on any atom is 0.0431 e. The molecular formula is C15H31NO. The second-order valence-electron chi connectivity index (χ2n) is 7.35. The average Bonchev–Trinajstić information content (AvgIpc) is 2.12. The molecule has 2 heteroatoms. The molecule has 1 aliphatic rings. The molecule has 1 saturated carbocycles. The Hall–Kier alpha value is -0.0800. The first-order chi connectivity index (χ1) is 7.85. The van der Waals surface area contributed by atoms with Crippen molar-refractivity contribution >= 4 is 0 Å². The minimum absolute atomic E-state index is 0.337. The Morgan fingerprint density at radius 3 is 2.12 bits per heavy atom. The molecule has 0 heterocycles. The Labute approximate surface area is 107 Å². The van der Waals surface area contributed by atoms with Crippen molar-refractivity contribution in [2.24, 2.45) is 10.8 Å². The van der Waals surface area contributed by atoms with E-state index in [9.17, 15) is 0 Å². The molecule has 0 aromatic rings. The van der Waals surface area contributed by atoms with Gasteiger partial charge < -0.3 is 10.4 Å². The van der Waals surface area contributed by atoms with Crippen LogP contribution in [-0.4, -0.2) is 24.3 Å². The van der Waals surface area contributed by atoms with Crippen LogP contribution < -0.4 is 5.32 Å². The third kappa shape index (κ3) is 5.87. The number of hydrogen-bond acceptors (Lipinski definition) is 2. The van der Waals surface area contributed by atoms with Crippen LogP contribution in [0.2, 0.25) is 0 Å². The topological polar surface area (TPSA) is 32.3 Å². The van der Waals surface area contributed by atoms with Gasteiger partial charge in [-0.05, 0) is 55.9 Å². The monoisotopic (exact) mass is 241 g/mol. The lowest BCUT2D eigenvalue weighted by Gasteiger charge is -2.45. The first kappa shape index (κ1) is 15.0. The van der Waals surface area contributed by atoms with Crippen LogP contribution in [0.4, 0.5) is 0 Å². The van der Waals surface area contributed by atoms with Crippen LogP contribution in [0.15, 0.2) is 0 Å². The smallest absolute Gasteiger partial charge is 0.0431 e. The molecule has 2 nitrogen and oxygen atoms in total. The van der Waals surface area contributed by atoms with E-state index >= 15 is 0 Å². The summed E-state index contributed by atoms with van der Waals surface area (Å²) < 4.78 is 0. The van der Waals surface area contributed by atoms with Crippen LogP contribution in [0.1, 0.15) is 66.2 Å². The van der Waals surface area contributed by atoms with Crippen LogP contribution in [0.3, 0.4) is 0 Å². The van der Waals surface area contributed by atoms with Gasteiger partial charge in [-0.2, -0.15) is 0 Å². The molecule has 0 aromatic heterocycles. The van der Waals surface area contributed by atoms with Gasteiger partial charge in [0.2, 0.25) is 0 Å². The fraction of sp³-hybridized carbons (Fsp3) is 1.00. The molecule has 0 aliphatic heterocycles. The maximum atomic E-state index is 8.73. The molecule has 17 heavy (non-hydrogen) atoms. The summed E-state index contributed by atoms with van der Waals surface area (Å²) in [5.41, 5.74) is 0.953. The van der Waals surface area contributed by atoms with Gasteiger partial charge in [0.1, 0.15) is 0 Å². The van der Waals surface area contributed by atoms with E-state index in [0.29, 0.717) is 23.5 Å². The summed E-state index contributed by atoms with van der Waals surface area (Å²) in [5, 5.41) is 12.4. The highest BCUT2D eigenvalue weighted by molar-refractivity contribution is 4.92. The van der Waals surface area contributed by atoms with Gasteiger partial charge in [0.25, 0.3) is 0 Å². The lowest BCUT2D eigenvalue weighted by Crippen LogP contribution is -2.44. The van der Waals surface area contributed by atoms with Gasteiger partial charge in [0, 0.05) is 12.6 Å². The second kappa shape index (κ2) is 6.19. The van der Waals surface area contributed by atoms with E-state index in [0.717, 1.165) is 19.4 Å². The van der Waals surface area contributed by atoms with Crippen molar-refractivity contribution < 1.29 is 5.11 Å². The number of rotatable bonds is 6. The predicted octanol–water partition coefficient (Wildman–Crippen LogP) is 3.34.